The Labute approximate surface area is 154 Å². The number of carbonyl (C=O) groups is 1. The molecule has 0 saturated carbocycles. The molecule has 1 aliphatic heterocycles. The third kappa shape index (κ3) is 2.74. The molecule has 0 aliphatic carbocycles. The fourth-order valence-corrected chi connectivity index (χ4v) is 3.93. The Morgan fingerprint density at radius 1 is 1.32 bits per heavy atom. The Morgan fingerprint density at radius 2 is 2.12 bits per heavy atom. The molecule has 0 spiro atoms. The Balaban J connectivity index is 1.73. The summed E-state index contributed by atoms with van der Waals surface area (Å²) in [6.07, 6.45) is 1.67. The molecule has 5 nitrogen and oxygen atoms in total. The molecular formula is C19H19BrN4O. The van der Waals surface area contributed by atoms with Crippen molar-refractivity contribution in [1.82, 2.24) is 19.5 Å². The van der Waals surface area contributed by atoms with Crippen LogP contribution >= 0.6 is 15.9 Å². The molecule has 0 saturated heterocycles. The van der Waals surface area contributed by atoms with Crippen LogP contribution in [0.25, 0.3) is 5.65 Å². The van der Waals surface area contributed by atoms with E-state index in [0.29, 0.717) is 17.9 Å². The topological polar surface area (TPSA) is 50.5 Å². The summed E-state index contributed by atoms with van der Waals surface area (Å²) in [6.45, 7) is 4.86. The molecule has 6 heteroatoms. The second-order valence-electron chi connectivity index (χ2n) is 6.35. The van der Waals surface area contributed by atoms with Gasteiger partial charge < -0.3 is 4.90 Å². The number of halogens is 1. The standard InChI is InChI=1S/C19H19BrN4O/c1-3-14-10-16(21-18-11-17(20)22-24(14)18)19(25)23-9-8-13-6-4-5-7-15(13)12(23)2/h4-7,10-12H,3,8-9H2,1-2H3/t12-/m1/s1. The van der Waals surface area contributed by atoms with E-state index in [9.17, 15) is 4.79 Å². The largest absolute Gasteiger partial charge is 0.330 e. The fourth-order valence-electron chi connectivity index (χ4n) is 3.57. The average molecular weight is 399 g/mol. The van der Waals surface area contributed by atoms with Crippen LogP contribution in [0.2, 0.25) is 0 Å². The quantitative estimate of drug-likeness (QED) is 0.659. The summed E-state index contributed by atoms with van der Waals surface area (Å²) in [5.41, 5.74) is 4.72. The molecule has 0 fully saturated rings. The third-order valence-electron chi connectivity index (χ3n) is 4.91. The van der Waals surface area contributed by atoms with Gasteiger partial charge in [-0.05, 0) is 52.9 Å². The Hall–Kier alpha value is -2.21. The van der Waals surface area contributed by atoms with Crippen LogP contribution in [-0.4, -0.2) is 31.9 Å². The average Bonchev–Trinajstić information content (AvgIpc) is 3.01. The minimum atomic E-state index is -0.0171. The molecule has 128 valence electrons. The van der Waals surface area contributed by atoms with Crippen molar-refractivity contribution in [3.63, 3.8) is 0 Å². The number of nitrogens with zero attached hydrogens (tertiary/aromatic N) is 4. The van der Waals surface area contributed by atoms with E-state index in [-0.39, 0.29) is 11.9 Å². The minimum Gasteiger partial charge on any atom is -0.330 e. The van der Waals surface area contributed by atoms with Crippen LogP contribution < -0.4 is 0 Å². The predicted molar refractivity (Wildman–Crippen MR) is 99.7 cm³/mol. The summed E-state index contributed by atoms with van der Waals surface area (Å²) in [4.78, 5) is 19.6. The highest BCUT2D eigenvalue weighted by atomic mass is 79.9. The van der Waals surface area contributed by atoms with E-state index in [1.54, 1.807) is 4.52 Å². The van der Waals surface area contributed by atoms with Gasteiger partial charge in [-0.1, -0.05) is 31.2 Å². The second-order valence-corrected chi connectivity index (χ2v) is 7.16. The fraction of sp³-hybridized carbons (Fsp3) is 0.316. The van der Waals surface area contributed by atoms with Crippen molar-refractivity contribution in [3.8, 4) is 0 Å². The molecule has 4 rings (SSSR count). The molecule has 25 heavy (non-hydrogen) atoms. The number of rotatable bonds is 2. The number of fused-ring (bicyclic) bond motifs is 2. The van der Waals surface area contributed by atoms with Crippen molar-refractivity contribution < 1.29 is 4.79 Å². The van der Waals surface area contributed by atoms with Crippen LogP contribution in [0.4, 0.5) is 0 Å². The molecule has 0 unspecified atom stereocenters. The van der Waals surface area contributed by atoms with Crippen LogP contribution in [0.15, 0.2) is 41.0 Å². The van der Waals surface area contributed by atoms with Crippen molar-refractivity contribution in [2.45, 2.75) is 32.7 Å². The van der Waals surface area contributed by atoms with E-state index >= 15 is 0 Å². The number of carbonyl (C=O) groups excluding carboxylic acids is 1. The summed E-state index contributed by atoms with van der Waals surface area (Å²) in [7, 11) is 0. The summed E-state index contributed by atoms with van der Waals surface area (Å²) >= 11 is 3.39. The van der Waals surface area contributed by atoms with Crippen LogP contribution in [0.1, 0.15) is 47.2 Å². The van der Waals surface area contributed by atoms with Gasteiger partial charge >= 0.3 is 0 Å². The molecule has 1 aromatic carbocycles. The van der Waals surface area contributed by atoms with Crippen molar-refractivity contribution in [3.05, 3.63) is 63.5 Å². The number of amides is 1. The Kier molecular flexibility index (Phi) is 4.07. The number of aryl methyl sites for hydroxylation is 1. The number of hydrogen-bond acceptors (Lipinski definition) is 3. The molecule has 1 aliphatic rings. The molecule has 1 atom stereocenters. The van der Waals surface area contributed by atoms with Gasteiger partial charge in [-0.3, -0.25) is 4.79 Å². The van der Waals surface area contributed by atoms with Gasteiger partial charge in [-0.2, -0.15) is 5.10 Å². The van der Waals surface area contributed by atoms with Crippen molar-refractivity contribution in [1.29, 1.82) is 0 Å². The number of benzene rings is 1. The SMILES string of the molecule is CCc1cc(C(=O)N2CCc3ccccc3[C@H]2C)nc2cc(Br)nn12. The van der Waals surface area contributed by atoms with Gasteiger partial charge in [0.25, 0.3) is 5.91 Å². The first-order valence-electron chi connectivity index (χ1n) is 8.52. The summed E-state index contributed by atoms with van der Waals surface area (Å²) < 4.78 is 2.51. The summed E-state index contributed by atoms with van der Waals surface area (Å²) in [6, 6.07) is 12.1. The lowest BCUT2D eigenvalue weighted by Gasteiger charge is -2.35. The molecule has 0 radical (unpaired) electrons. The third-order valence-corrected chi connectivity index (χ3v) is 5.30. The normalized spacial score (nSPS) is 16.9. The minimum absolute atomic E-state index is 0.0171. The molecule has 3 aromatic rings. The van der Waals surface area contributed by atoms with Gasteiger partial charge in [-0.15, -0.1) is 0 Å². The Morgan fingerprint density at radius 3 is 2.92 bits per heavy atom. The zero-order valence-corrected chi connectivity index (χ0v) is 15.8. The molecule has 0 N–H and O–H groups in total. The monoisotopic (exact) mass is 398 g/mol. The number of aromatic nitrogens is 3. The Bertz CT molecular complexity index is 965. The molecule has 2 aromatic heterocycles. The lowest BCUT2D eigenvalue weighted by Crippen LogP contribution is -2.39. The number of hydrogen-bond donors (Lipinski definition) is 0. The summed E-state index contributed by atoms with van der Waals surface area (Å²) in [5.74, 6) is -0.0171. The van der Waals surface area contributed by atoms with Crippen LogP contribution in [0.3, 0.4) is 0 Å². The maximum absolute atomic E-state index is 13.2. The molecular weight excluding hydrogens is 380 g/mol. The van der Waals surface area contributed by atoms with E-state index in [0.717, 1.165) is 23.1 Å². The van der Waals surface area contributed by atoms with Gasteiger partial charge in [0.05, 0.1) is 6.04 Å². The predicted octanol–water partition coefficient (Wildman–Crippen LogP) is 3.81. The first-order chi connectivity index (χ1) is 12.1. The van der Waals surface area contributed by atoms with Crippen LogP contribution in [0.5, 0.6) is 0 Å². The summed E-state index contributed by atoms with van der Waals surface area (Å²) in [5, 5.41) is 4.39. The second kappa shape index (κ2) is 6.26. The molecule has 0 bridgehead atoms. The van der Waals surface area contributed by atoms with E-state index in [1.165, 1.54) is 11.1 Å². The van der Waals surface area contributed by atoms with Gasteiger partial charge in [-0.25, -0.2) is 9.50 Å². The molecule has 1 amide bonds. The highest BCUT2D eigenvalue weighted by molar-refractivity contribution is 9.10. The van der Waals surface area contributed by atoms with E-state index in [2.05, 4.69) is 58.1 Å². The van der Waals surface area contributed by atoms with E-state index in [4.69, 9.17) is 0 Å². The van der Waals surface area contributed by atoms with Gasteiger partial charge in [0.15, 0.2) is 5.65 Å². The van der Waals surface area contributed by atoms with E-state index < -0.39 is 0 Å². The highest BCUT2D eigenvalue weighted by Gasteiger charge is 2.29. The lowest BCUT2D eigenvalue weighted by molar-refractivity contribution is 0.0671. The van der Waals surface area contributed by atoms with Crippen molar-refractivity contribution in [2.24, 2.45) is 0 Å². The van der Waals surface area contributed by atoms with Gasteiger partial charge in [0.2, 0.25) is 0 Å². The zero-order chi connectivity index (χ0) is 17.6. The van der Waals surface area contributed by atoms with Crippen molar-refractivity contribution in [2.75, 3.05) is 6.54 Å². The first-order valence-corrected chi connectivity index (χ1v) is 9.31. The van der Waals surface area contributed by atoms with Crippen LogP contribution in [0, 0.1) is 0 Å². The first kappa shape index (κ1) is 16.3. The molecule has 3 heterocycles. The zero-order valence-electron chi connectivity index (χ0n) is 14.2. The van der Waals surface area contributed by atoms with Crippen LogP contribution in [-0.2, 0) is 12.8 Å². The maximum atomic E-state index is 13.2. The lowest BCUT2D eigenvalue weighted by atomic mass is 9.93. The smallest absolute Gasteiger partial charge is 0.273 e. The highest BCUT2D eigenvalue weighted by Crippen LogP contribution is 2.30. The van der Waals surface area contributed by atoms with Crippen molar-refractivity contribution >= 4 is 27.5 Å². The van der Waals surface area contributed by atoms with Gasteiger partial charge in [0.1, 0.15) is 10.3 Å². The van der Waals surface area contributed by atoms with Gasteiger partial charge in [0, 0.05) is 18.3 Å². The van der Waals surface area contributed by atoms with E-state index in [1.807, 2.05) is 23.1 Å². The maximum Gasteiger partial charge on any atom is 0.273 e.